The molecule has 3 aliphatic rings. The highest BCUT2D eigenvalue weighted by atomic mass is 16.6. The van der Waals surface area contributed by atoms with Crippen molar-refractivity contribution in [2.75, 3.05) is 0 Å². The molecule has 0 aromatic carbocycles. The molecule has 0 saturated heterocycles. The summed E-state index contributed by atoms with van der Waals surface area (Å²) in [4.78, 5) is 22.9. The summed E-state index contributed by atoms with van der Waals surface area (Å²) in [5.41, 5.74) is -0.299. The standard InChI is InChI=1S/C14H22O4/c1-13(2,3)18-11(15)4-10(12(16)17)8-14-5-9(6-14)7-14/h9-10H,4-8H2,1-3H3,(H,16,17). The maximum Gasteiger partial charge on any atom is 0.307 e. The van der Waals surface area contributed by atoms with Gasteiger partial charge in [-0.3, -0.25) is 9.59 Å². The van der Waals surface area contributed by atoms with Crippen LogP contribution in [0.25, 0.3) is 0 Å². The van der Waals surface area contributed by atoms with Gasteiger partial charge >= 0.3 is 11.9 Å². The largest absolute Gasteiger partial charge is 0.481 e. The molecule has 0 spiro atoms. The highest BCUT2D eigenvalue weighted by Crippen LogP contribution is 2.67. The second kappa shape index (κ2) is 4.25. The van der Waals surface area contributed by atoms with Crippen LogP contribution in [0.5, 0.6) is 0 Å². The molecule has 4 heteroatoms. The van der Waals surface area contributed by atoms with Gasteiger partial charge in [0.05, 0.1) is 12.3 Å². The van der Waals surface area contributed by atoms with Crippen LogP contribution in [-0.2, 0) is 14.3 Å². The van der Waals surface area contributed by atoms with Gasteiger partial charge in [0, 0.05) is 0 Å². The number of rotatable bonds is 5. The Bertz CT molecular complexity index is 349. The SMILES string of the molecule is CC(C)(C)OC(=O)CC(CC12CC(C1)C2)C(=O)O. The molecular formula is C14H22O4. The Balaban J connectivity index is 1.86. The van der Waals surface area contributed by atoms with Crippen LogP contribution in [0.15, 0.2) is 0 Å². The fraction of sp³-hybridized carbons (Fsp3) is 0.857. The maximum absolute atomic E-state index is 11.7. The Hall–Kier alpha value is -1.06. The van der Waals surface area contributed by atoms with Crippen molar-refractivity contribution in [1.29, 1.82) is 0 Å². The number of hydrogen-bond donors (Lipinski definition) is 1. The molecule has 0 amide bonds. The van der Waals surface area contributed by atoms with E-state index >= 15 is 0 Å². The first-order valence-corrected chi connectivity index (χ1v) is 6.64. The molecule has 0 radical (unpaired) electrons. The van der Waals surface area contributed by atoms with Crippen LogP contribution >= 0.6 is 0 Å². The average Bonchev–Trinajstić information content (AvgIpc) is 2.02. The van der Waals surface area contributed by atoms with E-state index in [2.05, 4.69) is 0 Å². The third kappa shape index (κ3) is 2.85. The van der Waals surface area contributed by atoms with Crippen molar-refractivity contribution < 1.29 is 19.4 Å². The zero-order valence-electron chi connectivity index (χ0n) is 11.4. The predicted octanol–water partition coefficient (Wildman–Crippen LogP) is 2.61. The molecular weight excluding hydrogens is 232 g/mol. The van der Waals surface area contributed by atoms with Gasteiger partial charge in [-0.05, 0) is 57.8 Å². The Morgan fingerprint density at radius 1 is 1.33 bits per heavy atom. The van der Waals surface area contributed by atoms with Crippen LogP contribution in [0, 0.1) is 17.3 Å². The average molecular weight is 254 g/mol. The minimum atomic E-state index is -0.870. The van der Waals surface area contributed by atoms with E-state index in [1.807, 2.05) is 0 Å². The number of carboxylic acid groups (broad SMARTS) is 1. The summed E-state index contributed by atoms with van der Waals surface area (Å²) in [6, 6.07) is 0. The minimum absolute atomic E-state index is 0.000972. The van der Waals surface area contributed by atoms with Gasteiger partial charge in [0.15, 0.2) is 0 Å². The van der Waals surface area contributed by atoms with Crippen molar-refractivity contribution in [3.8, 4) is 0 Å². The van der Waals surface area contributed by atoms with Crippen LogP contribution < -0.4 is 0 Å². The van der Waals surface area contributed by atoms with E-state index in [1.165, 1.54) is 0 Å². The number of esters is 1. The molecule has 0 aromatic rings. The fourth-order valence-electron chi connectivity index (χ4n) is 3.26. The molecule has 18 heavy (non-hydrogen) atoms. The molecule has 2 bridgehead atoms. The van der Waals surface area contributed by atoms with E-state index in [-0.39, 0.29) is 11.8 Å². The fourth-order valence-corrected chi connectivity index (χ4v) is 3.26. The van der Waals surface area contributed by atoms with Crippen LogP contribution in [0.1, 0.15) is 52.9 Å². The van der Waals surface area contributed by atoms with Gasteiger partial charge in [-0.2, -0.15) is 0 Å². The summed E-state index contributed by atoms with van der Waals surface area (Å²) in [5, 5.41) is 9.21. The topological polar surface area (TPSA) is 63.6 Å². The van der Waals surface area contributed by atoms with Crippen molar-refractivity contribution in [2.45, 2.75) is 58.5 Å². The number of carboxylic acids is 1. The summed E-state index contributed by atoms with van der Waals surface area (Å²) in [7, 11) is 0. The molecule has 0 aliphatic heterocycles. The summed E-state index contributed by atoms with van der Waals surface area (Å²) in [6.07, 6.45) is 4.11. The van der Waals surface area contributed by atoms with Gasteiger partial charge in [0.25, 0.3) is 0 Å². The Kier molecular flexibility index (Phi) is 3.16. The van der Waals surface area contributed by atoms with Crippen LogP contribution in [-0.4, -0.2) is 22.6 Å². The third-order valence-electron chi connectivity index (χ3n) is 4.03. The van der Waals surface area contributed by atoms with Crippen molar-refractivity contribution in [1.82, 2.24) is 0 Å². The molecule has 3 fully saturated rings. The van der Waals surface area contributed by atoms with E-state index in [0.717, 1.165) is 25.2 Å². The second-order valence-electron chi connectivity index (χ2n) is 7.01. The summed E-state index contributed by atoms with van der Waals surface area (Å²) >= 11 is 0. The van der Waals surface area contributed by atoms with E-state index in [9.17, 15) is 14.7 Å². The van der Waals surface area contributed by atoms with Crippen molar-refractivity contribution in [3.05, 3.63) is 0 Å². The molecule has 4 nitrogen and oxygen atoms in total. The molecule has 3 saturated carbocycles. The van der Waals surface area contributed by atoms with Gasteiger partial charge < -0.3 is 9.84 Å². The van der Waals surface area contributed by atoms with Crippen molar-refractivity contribution >= 4 is 11.9 Å². The molecule has 1 atom stereocenters. The molecule has 1 unspecified atom stereocenters. The number of ether oxygens (including phenoxy) is 1. The van der Waals surface area contributed by atoms with E-state index in [1.54, 1.807) is 20.8 Å². The summed E-state index contributed by atoms with van der Waals surface area (Å²) in [5.74, 6) is -1.02. The lowest BCUT2D eigenvalue weighted by Crippen LogP contribution is -2.53. The quantitative estimate of drug-likeness (QED) is 0.766. The van der Waals surface area contributed by atoms with E-state index in [0.29, 0.717) is 6.42 Å². The lowest BCUT2D eigenvalue weighted by Gasteiger charge is -2.63. The number of aliphatic carboxylic acids is 1. The highest BCUT2D eigenvalue weighted by molar-refractivity contribution is 5.79. The molecule has 0 aromatic heterocycles. The Labute approximate surface area is 108 Å². The molecule has 0 heterocycles. The Morgan fingerprint density at radius 2 is 1.89 bits per heavy atom. The first-order chi connectivity index (χ1) is 8.19. The smallest absolute Gasteiger partial charge is 0.307 e. The highest BCUT2D eigenvalue weighted by Gasteiger charge is 2.57. The van der Waals surface area contributed by atoms with Gasteiger partial charge in [-0.25, -0.2) is 0 Å². The molecule has 3 aliphatic carbocycles. The normalized spacial score (nSPS) is 30.9. The van der Waals surface area contributed by atoms with Gasteiger partial charge in [0.2, 0.25) is 0 Å². The van der Waals surface area contributed by atoms with Gasteiger partial charge in [-0.15, -0.1) is 0 Å². The first kappa shape index (κ1) is 13.4. The summed E-state index contributed by atoms with van der Waals surface area (Å²) < 4.78 is 5.20. The zero-order valence-corrected chi connectivity index (χ0v) is 11.4. The van der Waals surface area contributed by atoms with Gasteiger partial charge in [0.1, 0.15) is 5.60 Å². The van der Waals surface area contributed by atoms with Crippen LogP contribution in [0.2, 0.25) is 0 Å². The number of carbonyl (C=O) groups excluding carboxylic acids is 1. The minimum Gasteiger partial charge on any atom is -0.481 e. The summed E-state index contributed by atoms with van der Waals surface area (Å²) in [6.45, 7) is 5.38. The number of hydrogen-bond acceptors (Lipinski definition) is 3. The molecule has 102 valence electrons. The lowest BCUT2D eigenvalue weighted by atomic mass is 9.42. The third-order valence-corrected chi connectivity index (χ3v) is 4.03. The monoisotopic (exact) mass is 254 g/mol. The lowest BCUT2D eigenvalue weighted by molar-refractivity contribution is -0.166. The molecule has 1 N–H and O–H groups in total. The predicted molar refractivity (Wildman–Crippen MR) is 66.0 cm³/mol. The van der Waals surface area contributed by atoms with E-state index < -0.39 is 23.5 Å². The van der Waals surface area contributed by atoms with Crippen molar-refractivity contribution in [3.63, 3.8) is 0 Å². The second-order valence-corrected chi connectivity index (χ2v) is 7.01. The maximum atomic E-state index is 11.7. The number of carbonyl (C=O) groups is 2. The van der Waals surface area contributed by atoms with Crippen LogP contribution in [0.4, 0.5) is 0 Å². The molecule has 3 rings (SSSR count). The van der Waals surface area contributed by atoms with Crippen molar-refractivity contribution in [2.24, 2.45) is 17.3 Å². The zero-order chi connectivity index (χ0) is 13.6. The van der Waals surface area contributed by atoms with Gasteiger partial charge in [-0.1, -0.05) is 0 Å². The Morgan fingerprint density at radius 3 is 2.22 bits per heavy atom. The van der Waals surface area contributed by atoms with E-state index in [4.69, 9.17) is 4.74 Å². The van der Waals surface area contributed by atoms with Crippen LogP contribution in [0.3, 0.4) is 0 Å². The first-order valence-electron chi connectivity index (χ1n) is 6.64.